The van der Waals surface area contributed by atoms with Crippen molar-refractivity contribution in [2.24, 2.45) is 0 Å². The summed E-state index contributed by atoms with van der Waals surface area (Å²) in [7, 11) is 1.27. The lowest BCUT2D eigenvalue weighted by Crippen LogP contribution is -2.37. The zero-order valence-electron chi connectivity index (χ0n) is 10.1. The summed E-state index contributed by atoms with van der Waals surface area (Å²) in [6.07, 6.45) is 0.253. The fourth-order valence-electron chi connectivity index (χ4n) is 1.52. The topological polar surface area (TPSA) is 61.7 Å². The van der Waals surface area contributed by atoms with E-state index in [2.05, 4.69) is 10.1 Å². The Balaban J connectivity index is 2.60. The number of aliphatic hydroxyl groups excluding tert-OH is 2. The molecule has 1 aromatic carbocycles. The first-order chi connectivity index (χ1) is 8.62. The molecule has 1 aromatic rings. The first-order valence-corrected chi connectivity index (χ1v) is 5.59. The zero-order valence-corrected chi connectivity index (χ0v) is 10.1. The molecule has 0 heterocycles. The van der Waals surface area contributed by atoms with Gasteiger partial charge in [0.2, 0.25) is 0 Å². The van der Waals surface area contributed by atoms with Gasteiger partial charge in [0.15, 0.2) is 11.6 Å². The average Bonchev–Trinajstić information content (AvgIpc) is 2.38. The Labute approximate surface area is 104 Å². The molecule has 0 aromatic heterocycles. The lowest BCUT2D eigenvalue weighted by Gasteiger charge is -2.13. The first-order valence-electron chi connectivity index (χ1n) is 5.59. The van der Waals surface area contributed by atoms with E-state index < -0.39 is 17.7 Å². The Morgan fingerprint density at radius 3 is 2.44 bits per heavy atom. The number of methoxy groups -OCH3 is 1. The van der Waals surface area contributed by atoms with E-state index in [1.807, 2.05) is 0 Å². The van der Waals surface area contributed by atoms with Crippen LogP contribution in [0.15, 0.2) is 12.1 Å². The molecular formula is C12H17F2NO3. The predicted octanol–water partition coefficient (Wildman–Crippen LogP) is 0.459. The number of halogens is 2. The van der Waals surface area contributed by atoms with Gasteiger partial charge in [-0.2, -0.15) is 0 Å². The second kappa shape index (κ2) is 7.25. The van der Waals surface area contributed by atoms with Gasteiger partial charge in [0, 0.05) is 6.07 Å². The van der Waals surface area contributed by atoms with E-state index in [1.54, 1.807) is 0 Å². The van der Waals surface area contributed by atoms with Gasteiger partial charge < -0.3 is 20.3 Å². The van der Waals surface area contributed by atoms with Crippen LogP contribution in [0.2, 0.25) is 0 Å². The summed E-state index contributed by atoms with van der Waals surface area (Å²) in [5.41, 5.74) is 0.218. The zero-order chi connectivity index (χ0) is 13.5. The quantitative estimate of drug-likeness (QED) is 0.667. The third kappa shape index (κ3) is 3.90. The van der Waals surface area contributed by atoms with Crippen molar-refractivity contribution < 1.29 is 23.7 Å². The molecule has 0 aliphatic heterocycles. The minimum atomic E-state index is -0.616. The maximum Gasteiger partial charge on any atom is 0.165 e. The van der Waals surface area contributed by atoms with Crippen LogP contribution in [0.4, 0.5) is 8.78 Å². The van der Waals surface area contributed by atoms with Crippen LogP contribution in [0.3, 0.4) is 0 Å². The van der Waals surface area contributed by atoms with Gasteiger partial charge in [-0.3, -0.25) is 0 Å². The lowest BCUT2D eigenvalue weighted by molar-refractivity contribution is 0.171. The fraction of sp³-hybridized carbons (Fsp3) is 0.500. The monoisotopic (exact) mass is 261 g/mol. The van der Waals surface area contributed by atoms with Crippen molar-refractivity contribution in [1.82, 2.24) is 5.32 Å². The Hall–Kier alpha value is -1.24. The third-order valence-electron chi connectivity index (χ3n) is 2.59. The van der Waals surface area contributed by atoms with Gasteiger partial charge in [-0.1, -0.05) is 0 Å². The summed E-state index contributed by atoms with van der Waals surface area (Å²) in [5.74, 6) is -1.29. The SMILES string of the molecule is COc1cc(F)c(CCNC(CO)CO)cc1F. The minimum Gasteiger partial charge on any atom is -0.494 e. The number of rotatable bonds is 7. The molecule has 0 fully saturated rings. The molecule has 102 valence electrons. The fourth-order valence-corrected chi connectivity index (χ4v) is 1.52. The molecule has 18 heavy (non-hydrogen) atoms. The van der Waals surface area contributed by atoms with Crippen LogP contribution >= 0.6 is 0 Å². The van der Waals surface area contributed by atoms with Crippen molar-refractivity contribution in [3.05, 3.63) is 29.3 Å². The molecule has 0 atom stereocenters. The molecule has 0 aliphatic carbocycles. The Kier molecular flexibility index (Phi) is 5.97. The Morgan fingerprint density at radius 2 is 1.89 bits per heavy atom. The van der Waals surface area contributed by atoms with Crippen molar-refractivity contribution in [2.45, 2.75) is 12.5 Å². The highest BCUT2D eigenvalue weighted by atomic mass is 19.1. The number of benzene rings is 1. The maximum absolute atomic E-state index is 13.5. The smallest absolute Gasteiger partial charge is 0.165 e. The van der Waals surface area contributed by atoms with Gasteiger partial charge in [-0.25, -0.2) is 8.78 Å². The van der Waals surface area contributed by atoms with Crippen molar-refractivity contribution in [2.75, 3.05) is 26.9 Å². The highest BCUT2D eigenvalue weighted by molar-refractivity contribution is 5.31. The summed E-state index contributed by atoms with van der Waals surface area (Å²) in [4.78, 5) is 0. The largest absolute Gasteiger partial charge is 0.494 e. The molecule has 3 N–H and O–H groups in total. The molecule has 0 saturated carbocycles. The van der Waals surface area contributed by atoms with Crippen LogP contribution in [0.1, 0.15) is 5.56 Å². The van der Waals surface area contributed by atoms with Crippen LogP contribution < -0.4 is 10.1 Å². The van der Waals surface area contributed by atoms with Crippen LogP contribution in [-0.2, 0) is 6.42 Å². The van der Waals surface area contributed by atoms with Gasteiger partial charge in [0.05, 0.1) is 26.4 Å². The van der Waals surface area contributed by atoms with Crippen molar-refractivity contribution in [3.8, 4) is 5.75 Å². The molecular weight excluding hydrogens is 244 g/mol. The summed E-state index contributed by atoms with van der Waals surface area (Å²) in [5, 5.41) is 20.5. The van der Waals surface area contributed by atoms with Crippen LogP contribution in [-0.4, -0.2) is 43.1 Å². The summed E-state index contributed by atoms with van der Waals surface area (Å²) >= 11 is 0. The Bertz CT molecular complexity index is 384. The highest BCUT2D eigenvalue weighted by Crippen LogP contribution is 2.21. The average molecular weight is 261 g/mol. The maximum atomic E-state index is 13.5. The molecule has 0 spiro atoms. The van der Waals surface area contributed by atoms with E-state index in [1.165, 1.54) is 7.11 Å². The standard InChI is InChI=1S/C12H17F2NO3/c1-18-12-5-10(13)8(4-11(12)14)2-3-15-9(6-16)7-17/h4-5,9,15-17H,2-3,6-7H2,1H3. The summed E-state index contributed by atoms with van der Waals surface area (Å²) < 4.78 is 31.6. The molecule has 0 bridgehead atoms. The summed E-state index contributed by atoms with van der Waals surface area (Å²) in [6, 6.07) is 1.64. The summed E-state index contributed by atoms with van der Waals surface area (Å²) in [6.45, 7) is -0.0968. The minimum absolute atomic E-state index is 0.132. The van der Waals surface area contributed by atoms with Crippen molar-refractivity contribution in [3.63, 3.8) is 0 Å². The van der Waals surface area contributed by atoms with Crippen molar-refractivity contribution in [1.29, 1.82) is 0 Å². The number of hydrogen-bond acceptors (Lipinski definition) is 4. The van der Waals surface area contributed by atoms with E-state index >= 15 is 0 Å². The second-order valence-corrected chi connectivity index (χ2v) is 3.84. The van der Waals surface area contributed by atoms with E-state index in [0.29, 0.717) is 6.54 Å². The van der Waals surface area contributed by atoms with E-state index in [-0.39, 0.29) is 30.9 Å². The number of aliphatic hydroxyl groups is 2. The highest BCUT2D eigenvalue weighted by Gasteiger charge is 2.11. The van der Waals surface area contributed by atoms with E-state index in [9.17, 15) is 8.78 Å². The molecule has 0 radical (unpaired) electrons. The predicted molar refractivity (Wildman–Crippen MR) is 62.6 cm³/mol. The number of hydrogen-bond donors (Lipinski definition) is 3. The molecule has 6 heteroatoms. The molecule has 0 aliphatic rings. The Morgan fingerprint density at radius 1 is 1.22 bits per heavy atom. The molecule has 0 saturated heterocycles. The lowest BCUT2D eigenvalue weighted by atomic mass is 10.1. The molecule has 4 nitrogen and oxygen atoms in total. The van der Waals surface area contributed by atoms with Gasteiger partial charge in [-0.15, -0.1) is 0 Å². The van der Waals surface area contributed by atoms with Gasteiger partial charge in [0.1, 0.15) is 5.82 Å². The van der Waals surface area contributed by atoms with E-state index in [4.69, 9.17) is 10.2 Å². The van der Waals surface area contributed by atoms with Crippen LogP contribution in [0.25, 0.3) is 0 Å². The third-order valence-corrected chi connectivity index (χ3v) is 2.59. The molecule has 0 unspecified atom stereocenters. The van der Waals surface area contributed by atoms with Gasteiger partial charge in [-0.05, 0) is 24.6 Å². The molecule has 0 amide bonds. The first kappa shape index (κ1) is 14.8. The van der Waals surface area contributed by atoms with E-state index in [0.717, 1.165) is 12.1 Å². The number of ether oxygens (including phenoxy) is 1. The van der Waals surface area contributed by atoms with Crippen LogP contribution in [0.5, 0.6) is 5.75 Å². The second-order valence-electron chi connectivity index (χ2n) is 3.84. The van der Waals surface area contributed by atoms with Crippen molar-refractivity contribution >= 4 is 0 Å². The van der Waals surface area contributed by atoms with Gasteiger partial charge in [0.25, 0.3) is 0 Å². The van der Waals surface area contributed by atoms with Crippen LogP contribution in [0, 0.1) is 11.6 Å². The van der Waals surface area contributed by atoms with Gasteiger partial charge >= 0.3 is 0 Å². The number of nitrogens with one attached hydrogen (secondary N) is 1. The normalized spacial score (nSPS) is 11.0. The molecule has 1 rings (SSSR count).